The largest absolute Gasteiger partial charge is 0.469 e. The van der Waals surface area contributed by atoms with Crippen LogP contribution in [0.3, 0.4) is 0 Å². The zero-order valence-electron chi connectivity index (χ0n) is 20.9. The average molecular weight is 477 g/mol. The number of piperidine rings is 1. The third-order valence-electron chi connectivity index (χ3n) is 6.46. The number of nitrogens with two attached hydrogens (primary N) is 1. The van der Waals surface area contributed by atoms with Gasteiger partial charge in [-0.1, -0.05) is 32.6 Å². The van der Waals surface area contributed by atoms with E-state index in [4.69, 9.17) is 19.9 Å². The zero-order valence-corrected chi connectivity index (χ0v) is 20.9. The van der Waals surface area contributed by atoms with Gasteiger partial charge in [0.15, 0.2) is 17.0 Å². The number of ether oxygens (including phenoxy) is 3. The first-order valence-corrected chi connectivity index (χ1v) is 12.6. The number of imidazole rings is 1. The molecule has 1 fully saturated rings. The highest BCUT2D eigenvalue weighted by Gasteiger charge is 2.25. The molecule has 0 radical (unpaired) electrons. The second-order valence-electron chi connectivity index (χ2n) is 8.92. The molecule has 3 heterocycles. The molecule has 0 atom stereocenters. The van der Waals surface area contributed by atoms with Crippen LogP contribution < -0.4 is 15.2 Å². The number of esters is 1. The van der Waals surface area contributed by atoms with E-state index in [0.717, 1.165) is 64.7 Å². The van der Waals surface area contributed by atoms with Crippen molar-refractivity contribution < 1.29 is 19.0 Å². The molecule has 0 aliphatic carbocycles. The molecule has 0 aromatic carbocycles. The van der Waals surface area contributed by atoms with Crippen LogP contribution in [0.2, 0.25) is 0 Å². The van der Waals surface area contributed by atoms with Crippen molar-refractivity contribution in [3.8, 4) is 12.0 Å². The van der Waals surface area contributed by atoms with Crippen LogP contribution in [-0.4, -0.2) is 70.8 Å². The first-order valence-electron chi connectivity index (χ1n) is 12.6. The summed E-state index contributed by atoms with van der Waals surface area (Å²) in [5.74, 6) is 0.331. The fourth-order valence-corrected chi connectivity index (χ4v) is 4.41. The number of unbranched alkanes of at least 4 members (excludes halogenated alkanes) is 5. The average Bonchev–Trinajstić information content (AvgIpc) is 3.21. The van der Waals surface area contributed by atoms with Crippen LogP contribution in [0.4, 0.5) is 5.82 Å². The molecule has 0 saturated carbocycles. The van der Waals surface area contributed by atoms with Crippen molar-refractivity contribution in [2.45, 2.75) is 71.3 Å². The van der Waals surface area contributed by atoms with E-state index in [1.165, 1.54) is 26.4 Å². The summed E-state index contributed by atoms with van der Waals surface area (Å²) in [6, 6.07) is 0.787. The summed E-state index contributed by atoms with van der Waals surface area (Å²) < 4.78 is 18.0. The molecular weight excluding hydrogens is 436 g/mol. The maximum atomic E-state index is 11.6. The lowest BCUT2D eigenvalue weighted by molar-refractivity contribution is -0.147. The molecule has 0 amide bonds. The van der Waals surface area contributed by atoms with Gasteiger partial charge in [-0.25, -0.2) is 0 Å². The number of carbonyl (C=O) groups excluding carboxylic acids is 1. The van der Waals surface area contributed by atoms with Crippen molar-refractivity contribution in [2.24, 2.45) is 5.92 Å². The van der Waals surface area contributed by atoms with Crippen molar-refractivity contribution in [3.05, 3.63) is 0 Å². The monoisotopic (exact) mass is 476 g/mol. The van der Waals surface area contributed by atoms with Crippen molar-refractivity contribution in [1.82, 2.24) is 24.4 Å². The Hall–Kier alpha value is -2.62. The second-order valence-corrected chi connectivity index (χ2v) is 8.92. The molecular formula is C24H40N6O4. The standard InChI is InChI=1S/C24H40N6O4/c1-4-5-17-34-23-27-20(25)19-21(28-23)30(24(26-19)33-3)14-10-8-6-7-9-13-29-15-11-18(12-16-29)22(31)32-2/h18H,4-17H2,1-3H3,(H2,25,27,28). The number of nitrogen functional groups attached to an aromatic ring is 1. The van der Waals surface area contributed by atoms with Gasteiger partial charge in [-0.05, 0) is 51.7 Å². The van der Waals surface area contributed by atoms with E-state index < -0.39 is 0 Å². The minimum Gasteiger partial charge on any atom is -0.469 e. The fraction of sp³-hybridized carbons (Fsp3) is 0.750. The van der Waals surface area contributed by atoms with Gasteiger partial charge < -0.3 is 24.8 Å². The van der Waals surface area contributed by atoms with E-state index in [-0.39, 0.29) is 17.9 Å². The summed E-state index contributed by atoms with van der Waals surface area (Å²) in [5.41, 5.74) is 7.32. The summed E-state index contributed by atoms with van der Waals surface area (Å²) in [7, 11) is 3.08. The minimum absolute atomic E-state index is 0.0589. The lowest BCUT2D eigenvalue weighted by Crippen LogP contribution is -2.37. The maximum absolute atomic E-state index is 11.6. The molecule has 1 aliphatic heterocycles. The van der Waals surface area contributed by atoms with Gasteiger partial charge in [-0.2, -0.15) is 15.0 Å². The summed E-state index contributed by atoms with van der Waals surface area (Å²) >= 11 is 0. The van der Waals surface area contributed by atoms with E-state index in [1.54, 1.807) is 7.11 Å². The number of aryl methyl sites for hydroxylation is 1. The topological polar surface area (TPSA) is 118 Å². The van der Waals surface area contributed by atoms with Crippen molar-refractivity contribution in [1.29, 1.82) is 0 Å². The normalized spacial score (nSPS) is 15.0. The maximum Gasteiger partial charge on any atom is 0.320 e. The number of carbonyl (C=O) groups is 1. The Morgan fingerprint density at radius 1 is 1.00 bits per heavy atom. The minimum atomic E-state index is -0.0589. The van der Waals surface area contributed by atoms with Crippen molar-refractivity contribution >= 4 is 23.0 Å². The quantitative estimate of drug-likeness (QED) is 0.323. The number of nitrogens with zero attached hydrogens (tertiary/aromatic N) is 5. The van der Waals surface area contributed by atoms with E-state index in [2.05, 4.69) is 26.8 Å². The van der Waals surface area contributed by atoms with E-state index in [1.807, 2.05) is 4.57 Å². The molecule has 0 unspecified atom stereocenters. The molecule has 2 aromatic rings. The highest BCUT2D eigenvalue weighted by molar-refractivity contribution is 5.83. The number of aromatic nitrogens is 4. The van der Waals surface area contributed by atoms with Crippen LogP contribution in [0.15, 0.2) is 0 Å². The van der Waals surface area contributed by atoms with Crippen LogP contribution >= 0.6 is 0 Å². The Kier molecular flexibility index (Phi) is 10.2. The van der Waals surface area contributed by atoms with Crippen LogP contribution in [0, 0.1) is 5.92 Å². The Labute approximate surface area is 202 Å². The molecule has 190 valence electrons. The molecule has 2 aromatic heterocycles. The Morgan fingerprint density at radius 2 is 1.71 bits per heavy atom. The molecule has 3 rings (SSSR count). The fourth-order valence-electron chi connectivity index (χ4n) is 4.41. The number of anilines is 1. The Morgan fingerprint density at radius 3 is 2.38 bits per heavy atom. The summed E-state index contributed by atoms with van der Waals surface area (Å²) in [6.07, 6.45) is 9.48. The van der Waals surface area contributed by atoms with E-state index in [9.17, 15) is 4.79 Å². The van der Waals surface area contributed by atoms with Gasteiger partial charge >= 0.3 is 12.0 Å². The number of methoxy groups -OCH3 is 2. The third-order valence-corrected chi connectivity index (χ3v) is 6.46. The van der Waals surface area contributed by atoms with Gasteiger partial charge in [0.05, 0.1) is 26.7 Å². The predicted molar refractivity (Wildman–Crippen MR) is 131 cm³/mol. The van der Waals surface area contributed by atoms with Gasteiger partial charge in [0.25, 0.3) is 6.01 Å². The molecule has 2 N–H and O–H groups in total. The molecule has 34 heavy (non-hydrogen) atoms. The highest BCUT2D eigenvalue weighted by Crippen LogP contribution is 2.26. The van der Waals surface area contributed by atoms with Crippen LogP contribution in [0.25, 0.3) is 11.2 Å². The third kappa shape index (κ3) is 6.94. The van der Waals surface area contributed by atoms with Gasteiger partial charge in [0.2, 0.25) is 0 Å². The summed E-state index contributed by atoms with van der Waals surface area (Å²) in [5, 5.41) is 0. The second kappa shape index (κ2) is 13.3. The van der Waals surface area contributed by atoms with E-state index >= 15 is 0 Å². The molecule has 0 spiro atoms. The SMILES string of the molecule is CCCCOc1nc(N)c2nc(OC)n(CCCCCCCN3CCC(C(=O)OC)CC3)c2n1. The smallest absolute Gasteiger partial charge is 0.320 e. The lowest BCUT2D eigenvalue weighted by atomic mass is 9.97. The van der Waals surface area contributed by atoms with Gasteiger partial charge in [-0.15, -0.1) is 0 Å². The predicted octanol–water partition coefficient (Wildman–Crippen LogP) is 3.43. The van der Waals surface area contributed by atoms with E-state index in [0.29, 0.717) is 29.6 Å². The van der Waals surface area contributed by atoms with Crippen molar-refractivity contribution in [2.75, 3.05) is 46.2 Å². The Bertz CT molecular complexity index is 910. The molecule has 10 nitrogen and oxygen atoms in total. The first kappa shape index (κ1) is 26.0. The molecule has 10 heteroatoms. The summed E-state index contributed by atoms with van der Waals surface area (Å²) in [6.45, 7) is 6.51. The number of hydrogen-bond donors (Lipinski definition) is 1. The number of rotatable bonds is 14. The molecule has 1 saturated heterocycles. The number of likely N-dealkylation sites (tertiary alicyclic amines) is 1. The van der Waals surface area contributed by atoms with Crippen LogP contribution in [-0.2, 0) is 16.1 Å². The lowest BCUT2D eigenvalue weighted by Gasteiger charge is -2.30. The number of fused-ring (bicyclic) bond motifs is 1. The van der Waals surface area contributed by atoms with Crippen molar-refractivity contribution in [3.63, 3.8) is 0 Å². The van der Waals surface area contributed by atoms with Crippen LogP contribution in [0.5, 0.6) is 12.0 Å². The molecule has 0 bridgehead atoms. The highest BCUT2D eigenvalue weighted by atomic mass is 16.5. The number of hydrogen-bond acceptors (Lipinski definition) is 9. The molecule has 1 aliphatic rings. The van der Waals surface area contributed by atoms with Gasteiger partial charge in [0.1, 0.15) is 0 Å². The zero-order chi connectivity index (χ0) is 24.3. The van der Waals surface area contributed by atoms with Gasteiger partial charge in [0, 0.05) is 6.54 Å². The van der Waals surface area contributed by atoms with Crippen LogP contribution in [0.1, 0.15) is 64.7 Å². The van der Waals surface area contributed by atoms with Gasteiger partial charge in [-0.3, -0.25) is 9.36 Å². The summed E-state index contributed by atoms with van der Waals surface area (Å²) in [4.78, 5) is 27.4. The Balaban J connectivity index is 1.41. The first-order chi connectivity index (χ1) is 16.6.